The van der Waals surface area contributed by atoms with Crippen LogP contribution in [0.1, 0.15) is 35.9 Å². The van der Waals surface area contributed by atoms with Crippen molar-refractivity contribution in [3.8, 4) is 5.75 Å². The lowest BCUT2D eigenvalue weighted by atomic mass is 10.1. The molecule has 1 fully saturated rings. The Bertz CT molecular complexity index is 707. The number of nitrogens with two attached hydrogens (primary N) is 1. The summed E-state index contributed by atoms with van der Waals surface area (Å²) in [7, 11) is 1.67. The first-order valence-electron chi connectivity index (χ1n) is 8.87. The smallest absolute Gasteiger partial charge is 0.118 e. The predicted octanol–water partition coefficient (Wildman–Crippen LogP) is 1.48. The van der Waals surface area contributed by atoms with E-state index in [1.165, 1.54) is 0 Å². The molecule has 4 rings (SSSR count). The molecule has 0 amide bonds. The highest BCUT2D eigenvalue weighted by Gasteiger charge is 2.26. The van der Waals surface area contributed by atoms with Crippen molar-refractivity contribution < 1.29 is 9.47 Å². The molecule has 7 nitrogen and oxygen atoms in total. The van der Waals surface area contributed by atoms with E-state index in [-0.39, 0.29) is 6.10 Å². The second kappa shape index (κ2) is 7.11. The number of likely N-dealkylation sites (tertiary alicyclic amines) is 1. The van der Waals surface area contributed by atoms with Crippen LogP contribution in [0, 0.1) is 0 Å². The maximum Gasteiger partial charge on any atom is 0.118 e. The number of ether oxygens (including phenoxy) is 2. The van der Waals surface area contributed by atoms with Gasteiger partial charge >= 0.3 is 0 Å². The van der Waals surface area contributed by atoms with Gasteiger partial charge < -0.3 is 15.2 Å². The van der Waals surface area contributed by atoms with Gasteiger partial charge in [-0.3, -0.25) is 4.90 Å². The SMILES string of the molecule is COc1ccc([C@@H]2Cn3nnc(CN4CCC(N)CC4)c3CO2)cc1. The second-order valence-corrected chi connectivity index (χ2v) is 6.85. The number of rotatable bonds is 4. The molecular weight excluding hydrogens is 318 g/mol. The van der Waals surface area contributed by atoms with Crippen LogP contribution in [0.25, 0.3) is 0 Å². The topological polar surface area (TPSA) is 78.4 Å². The van der Waals surface area contributed by atoms with Crippen LogP contribution in [-0.4, -0.2) is 46.1 Å². The molecule has 2 aliphatic heterocycles. The zero-order valence-electron chi connectivity index (χ0n) is 14.6. The summed E-state index contributed by atoms with van der Waals surface area (Å²) in [6.07, 6.45) is 2.11. The highest BCUT2D eigenvalue weighted by molar-refractivity contribution is 5.29. The van der Waals surface area contributed by atoms with Gasteiger partial charge in [0.1, 0.15) is 17.5 Å². The first kappa shape index (κ1) is 16.5. The molecule has 0 spiro atoms. The number of piperidine rings is 1. The Morgan fingerprint density at radius 2 is 2.00 bits per heavy atom. The van der Waals surface area contributed by atoms with E-state index in [1.807, 2.05) is 28.9 Å². The van der Waals surface area contributed by atoms with Gasteiger partial charge in [0.05, 0.1) is 26.0 Å². The molecule has 0 unspecified atom stereocenters. The third kappa shape index (κ3) is 3.53. The Morgan fingerprint density at radius 3 is 2.72 bits per heavy atom. The third-order valence-corrected chi connectivity index (χ3v) is 5.17. The second-order valence-electron chi connectivity index (χ2n) is 6.85. The molecule has 7 heteroatoms. The number of hydrogen-bond donors (Lipinski definition) is 1. The highest BCUT2D eigenvalue weighted by atomic mass is 16.5. The molecule has 0 saturated carbocycles. The molecule has 1 atom stereocenters. The molecule has 1 saturated heterocycles. The average molecular weight is 343 g/mol. The van der Waals surface area contributed by atoms with E-state index in [1.54, 1.807) is 7.11 Å². The van der Waals surface area contributed by atoms with E-state index in [0.717, 1.165) is 55.2 Å². The van der Waals surface area contributed by atoms with Crippen LogP contribution in [0.3, 0.4) is 0 Å². The monoisotopic (exact) mass is 343 g/mol. The summed E-state index contributed by atoms with van der Waals surface area (Å²) in [5, 5.41) is 8.76. The van der Waals surface area contributed by atoms with Crippen LogP contribution in [0.4, 0.5) is 0 Å². The van der Waals surface area contributed by atoms with Crippen molar-refractivity contribution in [2.45, 2.75) is 44.7 Å². The zero-order valence-corrected chi connectivity index (χ0v) is 14.6. The highest BCUT2D eigenvalue weighted by Crippen LogP contribution is 2.28. The summed E-state index contributed by atoms with van der Waals surface area (Å²) in [6.45, 7) is 4.14. The van der Waals surface area contributed by atoms with Crippen molar-refractivity contribution in [2.24, 2.45) is 5.73 Å². The van der Waals surface area contributed by atoms with Crippen LogP contribution in [0.15, 0.2) is 24.3 Å². The summed E-state index contributed by atoms with van der Waals surface area (Å²) >= 11 is 0. The minimum Gasteiger partial charge on any atom is -0.497 e. The molecule has 0 radical (unpaired) electrons. The van der Waals surface area contributed by atoms with Crippen molar-refractivity contribution in [1.82, 2.24) is 19.9 Å². The van der Waals surface area contributed by atoms with E-state index in [2.05, 4.69) is 15.2 Å². The van der Waals surface area contributed by atoms with Gasteiger partial charge in [-0.2, -0.15) is 0 Å². The van der Waals surface area contributed by atoms with Gasteiger partial charge in [-0.15, -0.1) is 5.10 Å². The minimum atomic E-state index is 0.000871. The number of aromatic nitrogens is 3. The lowest BCUT2D eigenvalue weighted by Crippen LogP contribution is -2.39. The first-order valence-corrected chi connectivity index (χ1v) is 8.87. The Labute approximate surface area is 147 Å². The van der Waals surface area contributed by atoms with E-state index in [0.29, 0.717) is 19.2 Å². The van der Waals surface area contributed by atoms with E-state index in [9.17, 15) is 0 Å². The number of nitrogens with zero attached hydrogens (tertiary/aromatic N) is 4. The average Bonchev–Trinajstić information content (AvgIpc) is 3.06. The largest absolute Gasteiger partial charge is 0.497 e. The van der Waals surface area contributed by atoms with Crippen LogP contribution < -0.4 is 10.5 Å². The Hall–Kier alpha value is -1.96. The fraction of sp³-hybridized carbons (Fsp3) is 0.556. The van der Waals surface area contributed by atoms with Gasteiger partial charge in [0.2, 0.25) is 0 Å². The van der Waals surface area contributed by atoms with Crippen LogP contribution in [0.2, 0.25) is 0 Å². The Kier molecular flexibility index (Phi) is 4.70. The Morgan fingerprint density at radius 1 is 1.24 bits per heavy atom. The third-order valence-electron chi connectivity index (χ3n) is 5.17. The minimum absolute atomic E-state index is 0.000871. The van der Waals surface area contributed by atoms with Gasteiger partial charge in [-0.25, -0.2) is 4.68 Å². The zero-order chi connectivity index (χ0) is 17.2. The number of hydrogen-bond acceptors (Lipinski definition) is 6. The standard InChI is InChI=1S/C18H25N5O2/c1-24-15-4-2-13(3-5-15)18-11-23-17(12-25-18)16(20-21-23)10-22-8-6-14(19)7-9-22/h2-5,14,18H,6-12,19H2,1H3/t18-/m0/s1. The maximum absolute atomic E-state index is 6.09. The lowest BCUT2D eigenvalue weighted by Gasteiger charge is -2.30. The van der Waals surface area contributed by atoms with Crippen LogP contribution in [-0.2, 0) is 24.4 Å². The lowest BCUT2D eigenvalue weighted by molar-refractivity contribution is -0.00217. The molecule has 2 N–H and O–H groups in total. The number of methoxy groups -OCH3 is 1. The summed E-state index contributed by atoms with van der Waals surface area (Å²) < 4.78 is 13.3. The van der Waals surface area contributed by atoms with Crippen molar-refractivity contribution in [3.05, 3.63) is 41.2 Å². The number of fused-ring (bicyclic) bond motifs is 1. The van der Waals surface area contributed by atoms with Crippen molar-refractivity contribution in [3.63, 3.8) is 0 Å². The molecule has 25 heavy (non-hydrogen) atoms. The summed E-state index contributed by atoms with van der Waals surface area (Å²) in [5.41, 5.74) is 9.24. The first-order chi connectivity index (χ1) is 12.2. The molecule has 0 bridgehead atoms. The van der Waals surface area contributed by atoms with E-state index >= 15 is 0 Å². The molecule has 2 aliphatic rings. The molecule has 2 aromatic rings. The summed E-state index contributed by atoms with van der Waals surface area (Å²) in [4.78, 5) is 2.41. The van der Waals surface area contributed by atoms with E-state index < -0.39 is 0 Å². The van der Waals surface area contributed by atoms with Crippen LogP contribution in [0.5, 0.6) is 5.75 Å². The number of benzene rings is 1. The van der Waals surface area contributed by atoms with Crippen molar-refractivity contribution in [2.75, 3.05) is 20.2 Å². The quantitative estimate of drug-likeness (QED) is 0.906. The fourth-order valence-corrected chi connectivity index (χ4v) is 3.53. The van der Waals surface area contributed by atoms with Crippen LogP contribution >= 0.6 is 0 Å². The Balaban J connectivity index is 1.43. The fourth-order valence-electron chi connectivity index (χ4n) is 3.53. The molecule has 0 aliphatic carbocycles. The van der Waals surface area contributed by atoms with Gasteiger partial charge in [0, 0.05) is 25.7 Å². The van der Waals surface area contributed by atoms with Gasteiger partial charge in [0.15, 0.2) is 0 Å². The predicted molar refractivity (Wildman–Crippen MR) is 93.0 cm³/mol. The van der Waals surface area contributed by atoms with Gasteiger partial charge in [-0.05, 0) is 30.5 Å². The molecule has 1 aromatic carbocycles. The normalized spacial score (nSPS) is 21.9. The molecule has 3 heterocycles. The van der Waals surface area contributed by atoms with Gasteiger partial charge in [-0.1, -0.05) is 17.3 Å². The molecule has 134 valence electrons. The molecule has 1 aromatic heterocycles. The summed E-state index contributed by atoms with van der Waals surface area (Å²) in [5.74, 6) is 0.851. The van der Waals surface area contributed by atoms with E-state index in [4.69, 9.17) is 15.2 Å². The van der Waals surface area contributed by atoms with Crippen molar-refractivity contribution in [1.29, 1.82) is 0 Å². The maximum atomic E-state index is 6.09. The summed E-state index contributed by atoms with van der Waals surface area (Å²) in [6, 6.07) is 8.36. The van der Waals surface area contributed by atoms with Gasteiger partial charge in [0.25, 0.3) is 0 Å². The molecular formula is C18H25N5O2. The van der Waals surface area contributed by atoms with Crippen molar-refractivity contribution >= 4 is 0 Å².